The number of fused-ring (bicyclic) bond motifs is 1. The quantitative estimate of drug-likeness (QED) is 0.542. The van der Waals surface area contributed by atoms with Gasteiger partial charge in [-0.05, 0) is 54.3 Å². The summed E-state index contributed by atoms with van der Waals surface area (Å²) in [6.07, 6.45) is 0.877. The van der Waals surface area contributed by atoms with E-state index in [0.717, 1.165) is 16.6 Å². The van der Waals surface area contributed by atoms with Gasteiger partial charge in [-0.3, -0.25) is 4.79 Å². The Balaban J connectivity index is 1.98. The molecule has 0 fully saturated rings. The molecule has 0 atom stereocenters. The number of aryl methyl sites for hydroxylation is 1. The Morgan fingerprint density at radius 1 is 1.17 bits per heavy atom. The Morgan fingerprint density at radius 3 is 2.48 bits per heavy atom. The summed E-state index contributed by atoms with van der Waals surface area (Å²) in [6, 6.07) is 12.0. The number of thiazole rings is 1. The van der Waals surface area contributed by atoms with Crippen LogP contribution in [0.15, 0.2) is 52.4 Å². The molecular weight excluding hydrogens is 428 g/mol. The van der Waals surface area contributed by atoms with Crippen LogP contribution in [-0.2, 0) is 21.2 Å². The molecule has 0 N–H and O–H groups in total. The van der Waals surface area contributed by atoms with Gasteiger partial charge in [0, 0.05) is 11.6 Å². The molecule has 8 heteroatoms. The van der Waals surface area contributed by atoms with Gasteiger partial charge < -0.3 is 4.57 Å². The third-order valence-electron chi connectivity index (χ3n) is 4.53. The molecule has 5 nitrogen and oxygen atoms in total. The Hall–Kier alpha value is -1.96. The molecule has 0 aliphatic heterocycles. The second kappa shape index (κ2) is 8.81. The van der Waals surface area contributed by atoms with E-state index >= 15 is 0 Å². The van der Waals surface area contributed by atoms with E-state index in [1.807, 2.05) is 10.6 Å². The lowest BCUT2D eigenvalue weighted by atomic mass is 10.0. The van der Waals surface area contributed by atoms with Crippen LogP contribution in [0.3, 0.4) is 0 Å². The zero-order valence-electron chi connectivity index (χ0n) is 16.6. The van der Waals surface area contributed by atoms with Crippen molar-refractivity contribution in [2.24, 2.45) is 4.99 Å². The number of rotatable bonds is 6. The van der Waals surface area contributed by atoms with Crippen molar-refractivity contribution in [1.82, 2.24) is 4.57 Å². The van der Waals surface area contributed by atoms with Gasteiger partial charge in [0.1, 0.15) is 5.75 Å². The van der Waals surface area contributed by atoms with Crippen LogP contribution in [0.4, 0.5) is 0 Å². The number of aromatic nitrogens is 1. The summed E-state index contributed by atoms with van der Waals surface area (Å²) in [5.74, 6) is -0.959. The van der Waals surface area contributed by atoms with E-state index in [-0.39, 0.29) is 4.90 Å². The predicted octanol–water partition coefficient (Wildman–Crippen LogP) is 4.79. The third kappa shape index (κ3) is 4.97. The van der Waals surface area contributed by atoms with E-state index in [9.17, 15) is 13.2 Å². The Bertz CT molecular complexity index is 1210. The monoisotopic (exact) mass is 450 g/mol. The van der Waals surface area contributed by atoms with E-state index < -0.39 is 21.5 Å². The molecule has 0 saturated heterocycles. The smallest absolute Gasteiger partial charge is 0.263 e. The van der Waals surface area contributed by atoms with E-state index in [4.69, 9.17) is 11.6 Å². The minimum atomic E-state index is -3.78. The molecule has 0 bridgehead atoms. The van der Waals surface area contributed by atoms with Gasteiger partial charge in [-0.1, -0.05) is 49.8 Å². The van der Waals surface area contributed by atoms with Crippen molar-refractivity contribution < 1.29 is 13.2 Å². The number of hydrogen-bond acceptors (Lipinski definition) is 4. The lowest BCUT2D eigenvalue weighted by Crippen LogP contribution is -2.21. The summed E-state index contributed by atoms with van der Waals surface area (Å²) in [5, 5.41) is 0.437. The zero-order valence-corrected chi connectivity index (χ0v) is 18.9. The first-order valence-electron chi connectivity index (χ1n) is 9.40. The topological polar surface area (TPSA) is 68.5 Å². The van der Waals surface area contributed by atoms with Crippen LogP contribution in [0, 0.1) is 0 Å². The molecule has 0 saturated carbocycles. The summed E-state index contributed by atoms with van der Waals surface area (Å²) in [6.45, 7) is 7.02. The molecule has 0 spiro atoms. The average molecular weight is 451 g/mol. The van der Waals surface area contributed by atoms with Gasteiger partial charge in [0.05, 0.1) is 15.1 Å². The standard InChI is InChI=1S/C21H23ClN2O3S2/c1-4-11-24-18-10-5-15(14(2)3)12-19(18)28-21(24)23-20(25)13-29(26,27)17-8-6-16(22)7-9-17/h5-10,12,14H,4,11,13H2,1-3H3. The van der Waals surface area contributed by atoms with E-state index in [0.29, 0.717) is 22.3 Å². The number of sulfone groups is 1. The van der Waals surface area contributed by atoms with Gasteiger partial charge in [0.15, 0.2) is 14.6 Å². The van der Waals surface area contributed by atoms with Gasteiger partial charge in [-0.25, -0.2) is 8.42 Å². The first kappa shape index (κ1) is 21.7. The van der Waals surface area contributed by atoms with Gasteiger partial charge in [0.2, 0.25) is 0 Å². The molecule has 3 rings (SSSR count). The van der Waals surface area contributed by atoms with E-state index in [1.165, 1.54) is 41.2 Å². The molecule has 1 aromatic heterocycles. The number of benzene rings is 2. The molecular formula is C21H23ClN2O3S2. The van der Waals surface area contributed by atoms with Crippen molar-refractivity contribution in [3.63, 3.8) is 0 Å². The van der Waals surface area contributed by atoms with Crippen LogP contribution < -0.4 is 4.80 Å². The van der Waals surface area contributed by atoms with Gasteiger partial charge >= 0.3 is 0 Å². The van der Waals surface area contributed by atoms with Crippen LogP contribution in [-0.4, -0.2) is 24.6 Å². The molecule has 0 radical (unpaired) electrons. The summed E-state index contributed by atoms with van der Waals surface area (Å²) in [5.41, 5.74) is 2.22. The van der Waals surface area contributed by atoms with E-state index in [2.05, 4.69) is 37.9 Å². The highest BCUT2D eigenvalue weighted by atomic mass is 35.5. The number of halogens is 1. The normalized spacial score (nSPS) is 12.8. The molecule has 154 valence electrons. The Kier molecular flexibility index (Phi) is 6.61. The van der Waals surface area contributed by atoms with Gasteiger partial charge in [0.25, 0.3) is 5.91 Å². The molecule has 0 aliphatic rings. The van der Waals surface area contributed by atoms with Crippen molar-refractivity contribution in [3.8, 4) is 0 Å². The molecule has 2 aromatic carbocycles. The maximum absolute atomic E-state index is 12.5. The van der Waals surface area contributed by atoms with Crippen LogP contribution >= 0.6 is 22.9 Å². The fraction of sp³-hybridized carbons (Fsp3) is 0.333. The van der Waals surface area contributed by atoms with Crippen molar-refractivity contribution in [3.05, 3.63) is 57.9 Å². The molecule has 1 heterocycles. The second-order valence-corrected chi connectivity index (χ2v) is 10.6. The fourth-order valence-corrected chi connectivity index (χ4v) is 5.36. The Labute approximate surface area is 179 Å². The minimum absolute atomic E-state index is 0.0600. The second-order valence-electron chi connectivity index (χ2n) is 7.14. The van der Waals surface area contributed by atoms with Gasteiger partial charge in [-0.2, -0.15) is 4.99 Å². The molecule has 0 aliphatic carbocycles. The maximum atomic E-state index is 12.5. The first-order chi connectivity index (χ1) is 13.7. The lowest BCUT2D eigenvalue weighted by molar-refractivity contribution is -0.115. The first-order valence-corrected chi connectivity index (χ1v) is 12.2. The minimum Gasteiger partial charge on any atom is -0.316 e. The molecule has 0 unspecified atom stereocenters. The van der Waals surface area contributed by atoms with Crippen LogP contribution in [0.5, 0.6) is 0 Å². The number of carbonyl (C=O) groups excluding carboxylic acids is 1. The Morgan fingerprint density at radius 2 is 1.86 bits per heavy atom. The predicted molar refractivity (Wildman–Crippen MR) is 118 cm³/mol. The summed E-state index contributed by atoms with van der Waals surface area (Å²) >= 11 is 7.22. The molecule has 1 amide bonds. The number of nitrogens with zero attached hydrogens (tertiary/aromatic N) is 2. The SMILES string of the molecule is CCCn1c(=NC(=O)CS(=O)(=O)c2ccc(Cl)cc2)sc2cc(C(C)C)ccc21. The number of hydrogen-bond donors (Lipinski definition) is 0. The summed E-state index contributed by atoms with van der Waals surface area (Å²) in [4.78, 5) is 17.2. The van der Waals surface area contributed by atoms with Crippen molar-refractivity contribution >= 4 is 48.9 Å². The summed E-state index contributed by atoms with van der Waals surface area (Å²) in [7, 11) is -3.78. The highest BCUT2D eigenvalue weighted by molar-refractivity contribution is 7.92. The molecule has 29 heavy (non-hydrogen) atoms. The molecule has 3 aromatic rings. The lowest BCUT2D eigenvalue weighted by Gasteiger charge is -2.06. The summed E-state index contributed by atoms with van der Waals surface area (Å²) < 4.78 is 28.1. The maximum Gasteiger partial charge on any atom is 0.263 e. The third-order valence-corrected chi connectivity index (χ3v) is 7.44. The van der Waals surface area contributed by atoms with E-state index in [1.54, 1.807) is 0 Å². The zero-order chi connectivity index (χ0) is 21.2. The van der Waals surface area contributed by atoms with Crippen molar-refractivity contribution in [1.29, 1.82) is 0 Å². The number of amides is 1. The van der Waals surface area contributed by atoms with Crippen LogP contribution in [0.1, 0.15) is 38.7 Å². The highest BCUT2D eigenvalue weighted by Gasteiger charge is 2.19. The average Bonchev–Trinajstić information content (AvgIpc) is 2.98. The van der Waals surface area contributed by atoms with Crippen molar-refractivity contribution in [2.75, 3.05) is 5.75 Å². The number of carbonyl (C=O) groups is 1. The largest absolute Gasteiger partial charge is 0.316 e. The van der Waals surface area contributed by atoms with Crippen LogP contribution in [0.2, 0.25) is 5.02 Å². The fourth-order valence-electron chi connectivity index (χ4n) is 3.00. The van der Waals surface area contributed by atoms with Crippen LogP contribution in [0.25, 0.3) is 10.2 Å². The highest BCUT2D eigenvalue weighted by Crippen LogP contribution is 2.24. The van der Waals surface area contributed by atoms with Gasteiger partial charge in [-0.15, -0.1) is 0 Å². The van der Waals surface area contributed by atoms with Crippen molar-refractivity contribution in [2.45, 2.75) is 44.6 Å².